The van der Waals surface area contributed by atoms with Crippen LogP contribution in [-0.4, -0.2) is 15.3 Å². The normalized spacial score (nSPS) is 9.75. The first-order chi connectivity index (χ1) is 5.74. The lowest BCUT2D eigenvalue weighted by molar-refractivity contribution is -0.119. The van der Waals surface area contributed by atoms with E-state index in [9.17, 15) is 9.59 Å². The third-order valence-corrected chi connectivity index (χ3v) is 1.52. The minimum atomic E-state index is -0.376. The summed E-state index contributed by atoms with van der Waals surface area (Å²) in [4.78, 5) is 25.4. The molecule has 64 valence electrons. The highest BCUT2D eigenvalue weighted by Gasteiger charge is 2.00. The number of ketones is 1. The third-order valence-electron chi connectivity index (χ3n) is 1.52. The number of Topliss-reactive ketones (excluding diaryl/α,β-unsaturated/α-hetero) is 1. The first-order valence-electron chi connectivity index (χ1n) is 3.77. The Morgan fingerprint density at radius 1 is 1.67 bits per heavy atom. The smallest absolute Gasteiger partial charge is 0.298 e. The first-order valence-corrected chi connectivity index (χ1v) is 3.77. The maximum atomic E-state index is 11.0. The molecule has 0 N–H and O–H groups in total. The van der Waals surface area contributed by atoms with Gasteiger partial charge in [0, 0.05) is 18.8 Å². The predicted octanol–water partition coefficient (Wildman–Crippen LogP) is 0.222. The molecule has 0 atom stereocenters. The van der Waals surface area contributed by atoms with Crippen molar-refractivity contribution < 1.29 is 4.79 Å². The minimum absolute atomic E-state index is 0.0325. The maximum Gasteiger partial charge on any atom is 0.347 e. The second-order valence-corrected chi connectivity index (χ2v) is 2.42. The molecule has 0 radical (unpaired) electrons. The predicted molar refractivity (Wildman–Crippen MR) is 43.8 cm³/mol. The molecular formula is C8H10N2O2. The number of carbonyl (C=O) groups is 1. The van der Waals surface area contributed by atoms with E-state index in [0.717, 1.165) is 0 Å². The summed E-state index contributed by atoms with van der Waals surface area (Å²) < 4.78 is 1.30. The van der Waals surface area contributed by atoms with Crippen LogP contribution in [0.5, 0.6) is 0 Å². The molecule has 0 spiro atoms. The van der Waals surface area contributed by atoms with Crippen LogP contribution in [0.3, 0.4) is 0 Å². The van der Waals surface area contributed by atoms with Crippen molar-refractivity contribution in [3.63, 3.8) is 0 Å². The van der Waals surface area contributed by atoms with Gasteiger partial charge in [0.15, 0.2) is 5.78 Å². The summed E-state index contributed by atoms with van der Waals surface area (Å²) in [6, 6.07) is 1.63. The Kier molecular flexibility index (Phi) is 2.74. The molecule has 1 heterocycles. The average molecular weight is 166 g/mol. The number of aromatic nitrogens is 2. The number of rotatable bonds is 3. The van der Waals surface area contributed by atoms with E-state index in [-0.39, 0.29) is 18.0 Å². The van der Waals surface area contributed by atoms with Crippen LogP contribution >= 0.6 is 0 Å². The van der Waals surface area contributed by atoms with E-state index in [0.29, 0.717) is 6.42 Å². The van der Waals surface area contributed by atoms with Gasteiger partial charge in [-0.1, -0.05) is 6.92 Å². The summed E-state index contributed by atoms with van der Waals surface area (Å²) in [5.74, 6) is 0.0325. The van der Waals surface area contributed by atoms with Crippen LogP contribution in [0, 0.1) is 0 Å². The Morgan fingerprint density at radius 3 is 3.00 bits per heavy atom. The molecule has 0 fully saturated rings. The van der Waals surface area contributed by atoms with Gasteiger partial charge in [-0.15, -0.1) is 0 Å². The third kappa shape index (κ3) is 2.02. The minimum Gasteiger partial charge on any atom is -0.298 e. The van der Waals surface area contributed by atoms with E-state index in [4.69, 9.17) is 0 Å². The van der Waals surface area contributed by atoms with Crippen LogP contribution in [0.1, 0.15) is 13.3 Å². The van der Waals surface area contributed by atoms with Gasteiger partial charge in [-0.3, -0.25) is 9.36 Å². The molecule has 12 heavy (non-hydrogen) atoms. The van der Waals surface area contributed by atoms with Gasteiger partial charge in [-0.25, -0.2) is 9.78 Å². The van der Waals surface area contributed by atoms with Gasteiger partial charge < -0.3 is 0 Å². The molecule has 0 saturated heterocycles. The standard InChI is InChI=1S/C8H10N2O2/c1-2-7(11)6-10-5-3-4-9-8(10)12/h3-5H,2,6H2,1H3. The van der Waals surface area contributed by atoms with E-state index in [2.05, 4.69) is 4.98 Å². The zero-order valence-electron chi connectivity index (χ0n) is 6.86. The SMILES string of the molecule is CCC(=O)Cn1cccnc1=O. The van der Waals surface area contributed by atoms with Gasteiger partial charge in [-0.05, 0) is 6.07 Å². The van der Waals surface area contributed by atoms with Crippen LogP contribution in [-0.2, 0) is 11.3 Å². The highest BCUT2D eigenvalue weighted by Crippen LogP contribution is 1.85. The second-order valence-electron chi connectivity index (χ2n) is 2.42. The molecule has 0 aliphatic carbocycles. The zero-order valence-corrected chi connectivity index (χ0v) is 6.86. The van der Waals surface area contributed by atoms with Crippen LogP contribution in [0.4, 0.5) is 0 Å². The molecule has 1 aromatic rings. The summed E-state index contributed by atoms with van der Waals surface area (Å²) in [7, 11) is 0. The zero-order chi connectivity index (χ0) is 8.97. The van der Waals surface area contributed by atoms with E-state index in [1.807, 2.05) is 0 Å². The van der Waals surface area contributed by atoms with E-state index in [1.54, 1.807) is 19.2 Å². The number of hydrogen-bond donors (Lipinski definition) is 0. The van der Waals surface area contributed by atoms with Crippen LogP contribution < -0.4 is 5.69 Å². The Labute approximate surface area is 69.9 Å². The van der Waals surface area contributed by atoms with E-state index in [1.165, 1.54) is 10.8 Å². The molecule has 0 unspecified atom stereocenters. The van der Waals surface area contributed by atoms with Crippen LogP contribution in [0.2, 0.25) is 0 Å². The van der Waals surface area contributed by atoms with Crippen LogP contribution in [0.25, 0.3) is 0 Å². The summed E-state index contributed by atoms with van der Waals surface area (Å²) in [5, 5.41) is 0. The molecule has 0 bridgehead atoms. The van der Waals surface area contributed by atoms with E-state index >= 15 is 0 Å². The quantitative estimate of drug-likeness (QED) is 0.645. The molecule has 0 amide bonds. The first kappa shape index (κ1) is 8.64. The van der Waals surface area contributed by atoms with E-state index < -0.39 is 0 Å². The highest BCUT2D eigenvalue weighted by atomic mass is 16.1. The Balaban J connectivity index is 2.83. The maximum absolute atomic E-state index is 11.0. The van der Waals surface area contributed by atoms with Crippen molar-refractivity contribution in [3.05, 3.63) is 28.9 Å². The number of nitrogens with zero attached hydrogens (tertiary/aromatic N) is 2. The van der Waals surface area contributed by atoms with Crippen molar-refractivity contribution in [2.45, 2.75) is 19.9 Å². The van der Waals surface area contributed by atoms with Gasteiger partial charge in [0.25, 0.3) is 0 Å². The highest BCUT2D eigenvalue weighted by molar-refractivity contribution is 5.77. The Morgan fingerprint density at radius 2 is 2.42 bits per heavy atom. The van der Waals surface area contributed by atoms with Crippen molar-refractivity contribution in [2.24, 2.45) is 0 Å². The van der Waals surface area contributed by atoms with Crippen molar-refractivity contribution in [1.82, 2.24) is 9.55 Å². The number of carbonyl (C=O) groups excluding carboxylic acids is 1. The number of hydrogen-bond acceptors (Lipinski definition) is 3. The fourth-order valence-electron chi connectivity index (χ4n) is 0.809. The summed E-state index contributed by atoms with van der Waals surface area (Å²) >= 11 is 0. The fourth-order valence-corrected chi connectivity index (χ4v) is 0.809. The van der Waals surface area contributed by atoms with Gasteiger partial charge >= 0.3 is 5.69 Å². The molecule has 0 aromatic carbocycles. The molecule has 0 aliphatic rings. The van der Waals surface area contributed by atoms with Crippen molar-refractivity contribution in [2.75, 3.05) is 0 Å². The van der Waals surface area contributed by atoms with Gasteiger partial charge in [0.2, 0.25) is 0 Å². The fraction of sp³-hybridized carbons (Fsp3) is 0.375. The molecule has 1 rings (SSSR count). The molecule has 0 saturated carbocycles. The summed E-state index contributed by atoms with van der Waals surface area (Å²) in [5.41, 5.74) is -0.376. The van der Waals surface area contributed by atoms with Crippen molar-refractivity contribution >= 4 is 5.78 Å². The molecule has 0 aliphatic heterocycles. The van der Waals surface area contributed by atoms with Crippen molar-refractivity contribution in [1.29, 1.82) is 0 Å². The molecule has 4 heteroatoms. The molecule has 4 nitrogen and oxygen atoms in total. The molecule has 1 aromatic heterocycles. The lowest BCUT2D eigenvalue weighted by Crippen LogP contribution is -2.24. The summed E-state index contributed by atoms with van der Waals surface area (Å²) in [6.45, 7) is 1.90. The lowest BCUT2D eigenvalue weighted by atomic mass is 10.3. The molecular weight excluding hydrogens is 156 g/mol. The Bertz CT molecular complexity index is 330. The second kappa shape index (κ2) is 3.80. The van der Waals surface area contributed by atoms with Gasteiger partial charge in [0.1, 0.15) is 0 Å². The monoisotopic (exact) mass is 166 g/mol. The Hall–Kier alpha value is -1.45. The van der Waals surface area contributed by atoms with Gasteiger partial charge in [0.05, 0.1) is 6.54 Å². The van der Waals surface area contributed by atoms with Gasteiger partial charge in [-0.2, -0.15) is 0 Å². The van der Waals surface area contributed by atoms with Crippen LogP contribution in [0.15, 0.2) is 23.3 Å². The topological polar surface area (TPSA) is 52.0 Å². The average Bonchev–Trinajstić information content (AvgIpc) is 2.09. The lowest BCUT2D eigenvalue weighted by Gasteiger charge is -2.00. The largest absolute Gasteiger partial charge is 0.347 e. The summed E-state index contributed by atoms with van der Waals surface area (Å²) in [6.07, 6.45) is 3.42. The van der Waals surface area contributed by atoms with Crippen molar-refractivity contribution in [3.8, 4) is 0 Å².